The number of rotatable bonds is 4. The van der Waals surface area contributed by atoms with Crippen LogP contribution < -0.4 is 10.6 Å². The second-order valence-corrected chi connectivity index (χ2v) is 7.98. The van der Waals surface area contributed by atoms with Gasteiger partial charge >= 0.3 is 6.18 Å². The molecule has 2 N–H and O–H groups in total. The van der Waals surface area contributed by atoms with Crippen LogP contribution >= 0.6 is 11.6 Å². The third-order valence-corrected chi connectivity index (χ3v) is 6.08. The number of amides is 2. The van der Waals surface area contributed by atoms with Crippen molar-refractivity contribution in [2.24, 2.45) is 5.92 Å². The van der Waals surface area contributed by atoms with Crippen molar-refractivity contribution in [1.82, 2.24) is 14.9 Å². The predicted octanol–water partition coefficient (Wildman–Crippen LogP) is 3.82. The molecule has 2 heterocycles. The van der Waals surface area contributed by atoms with Crippen LogP contribution in [0, 0.1) is 17.2 Å². The molecule has 1 fully saturated rings. The fraction of sp³-hybridized carbons (Fsp3) is 0.474. The minimum Gasteiger partial charge on any atom is -0.317 e. The summed E-state index contributed by atoms with van der Waals surface area (Å²) >= 11 is 5.95. The number of halogens is 4. The Bertz CT molecular complexity index is 1080. The number of anilines is 1. The molecule has 158 valence electrons. The molecule has 2 amide bonds. The average molecular weight is 440 g/mol. The predicted molar refractivity (Wildman–Crippen MR) is 101 cm³/mol. The van der Waals surface area contributed by atoms with E-state index in [0.29, 0.717) is 16.9 Å². The van der Waals surface area contributed by atoms with Crippen LogP contribution in [0.15, 0.2) is 12.1 Å². The van der Waals surface area contributed by atoms with Crippen LogP contribution in [-0.4, -0.2) is 27.5 Å². The maximum absolute atomic E-state index is 14.3. The number of benzene rings is 1. The molecule has 0 saturated heterocycles. The lowest BCUT2D eigenvalue weighted by atomic mass is 10.0. The number of fused-ring (bicyclic) bond motifs is 3. The van der Waals surface area contributed by atoms with Gasteiger partial charge in [0.25, 0.3) is 11.6 Å². The Kier molecular flexibility index (Phi) is 4.89. The smallest absolute Gasteiger partial charge is 0.317 e. The maximum Gasteiger partial charge on any atom is 0.440 e. The summed E-state index contributed by atoms with van der Waals surface area (Å²) in [7, 11) is 0. The first-order chi connectivity index (χ1) is 14.2. The second-order valence-electron chi connectivity index (χ2n) is 7.57. The van der Waals surface area contributed by atoms with E-state index in [4.69, 9.17) is 11.6 Å². The third-order valence-electron chi connectivity index (χ3n) is 5.76. The van der Waals surface area contributed by atoms with E-state index in [-0.39, 0.29) is 28.0 Å². The monoisotopic (exact) mass is 439 g/mol. The van der Waals surface area contributed by atoms with Crippen molar-refractivity contribution in [1.29, 1.82) is 5.26 Å². The van der Waals surface area contributed by atoms with E-state index in [1.54, 1.807) is 0 Å². The molecule has 11 heteroatoms. The van der Waals surface area contributed by atoms with Crippen LogP contribution in [0.1, 0.15) is 44.1 Å². The van der Waals surface area contributed by atoms with E-state index in [9.17, 15) is 28.0 Å². The molecule has 0 spiro atoms. The van der Waals surface area contributed by atoms with Gasteiger partial charge in [0, 0.05) is 6.42 Å². The summed E-state index contributed by atoms with van der Waals surface area (Å²) in [6, 6.07) is 4.30. The number of alkyl halides is 3. The average Bonchev–Trinajstić information content (AvgIpc) is 3.36. The van der Waals surface area contributed by atoms with Gasteiger partial charge in [-0.15, -0.1) is 0 Å². The van der Waals surface area contributed by atoms with Crippen molar-refractivity contribution < 1.29 is 22.8 Å². The zero-order chi connectivity index (χ0) is 21.7. The van der Waals surface area contributed by atoms with Gasteiger partial charge in [-0.3, -0.25) is 19.5 Å². The number of aromatic nitrogens is 2. The van der Waals surface area contributed by atoms with Gasteiger partial charge in [-0.25, -0.2) is 4.98 Å². The molecule has 1 aliphatic carbocycles. The molecule has 4 rings (SSSR count). The van der Waals surface area contributed by atoms with Crippen molar-refractivity contribution in [2.45, 2.75) is 50.4 Å². The summed E-state index contributed by atoms with van der Waals surface area (Å²) in [5.74, 6) is -2.44. The lowest BCUT2D eigenvalue weighted by Gasteiger charge is -2.32. The summed E-state index contributed by atoms with van der Waals surface area (Å²) in [6.07, 6.45) is -0.811. The summed E-state index contributed by atoms with van der Waals surface area (Å²) < 4.78 is 43.5. The van der Waals surface area contributed by atoms with E-state index in [1.165, 1.54) is 12.1 Å². The van der Waals surface area contributed by atoms with Crippen molar-refractivity contribution in [3.05, 3.63) is 22.7 Å². The highest BCUT2D eigenvalue weighted by Crippen LogP contribution is 2.45. The van der Waals surface area contributed by atoms with Crippen LogP contribution in [0.5, 0.6) is 0 Å². The van der Waals surface area contributed by atoms with Crippen molar-refractivity contribution >= 4 is 40.4 Å². The first kappa shape index (κ1) is 20.5. The molecule has 1 aromatic carbocycles. The first-order valence-electron chi connectivity index (χ1n) is 9.49. The molecule has 1 aliphatic heterocycles. The quantitative estimate of drug-likeness (QED) is 0.756. The Morgan fingerprint density at radius 1 is 1.40 bits per heavy atom. The number of hydrogen-bond donors (Lipinski definition) is 2. The standard InChI is InChI=1S/C19H17ClF3N5O2/c20-12-6-7-13-15(11(12)9-24)25-17-26-16(30)18(28(13)17,19(21,22)23)27-14(29)8-5-10-3-1-2-4-10/h6-7,10H,1-5,8H2,(H,27,29)(H,25,26,30). The first-order valence-corrected chi connectivity index (χ1v) is 9.87. The van der Waals surface area contributed by atoms with Gasteiger partial charge in [-0.05, 0) is 24.5 Å². The molecular formula is C19H17ClF3N5O2. The summed E-state index contributed by atoms with van der Waals surface area (Å²) in [4.78, 5) is 29.0. The maximum atomic E-state index is 14.3. The third kappa shape index (κ3) is 2.99. The molecule has 2 aromatic rings. The molecule has 1 unspecified atom stereocenters. The van der Waals surface area contributed by atoms with Crippen molar-refractivity contribution in [3.8, 4) is 6.07 Å². The Labute approximate surface area is 174 Å². The molecule has 1 aromatic heterocycles. The molecular weight excluding hydrogens is 423 g/mol. The van der Waals surface area contributed by atoms with Crippen molar-refractivity contribution in [2.75, 3.05) is 5.32 Å². The highest BCUT2D eigenvalue weighted by molar-refractivity contribution is 6.32. The molecule has 0 radical (unpaired) electrons. The zero-order valence-corrected chi connectivity index (χ0v) is 16.4. The van der Waals surface area contributed by atoms with Crippen LogP contribution in [0.2, 0.25) is 5.02 Å². The number of hydrogen-bond acceptors (Lipinski definition) is 4. The molecule has 7 nitrogen and oxygen atoms in total. The van der Waals surface area contributed by atoms with Crippen LogP contribution in [-0.2, 0) is 15.3 Å². The number of carbonyl (C=O) groups excluding carboxylic acids is 2. The normalized spacial score (nSPS) is 21.5. The van der Waals surface area contributed by atoms with Gasteiger partial charge in [0.1, 0.15) is 11.6 Å². The van der Waals surface area contributed by atoms with Gasteiger partial charge in [0.15, 0.2) is 0 Å². The van der Waals surface area contributed by atoms with Crippen LogP contribution in [0.3, 0.4) is 0 Å². The number of nitriles is 1. The van der Waals surface area contributed by atoms with Gasteiger partial charge in [-0.2, -0.15) is 18.4 Å². The number of carbonyl (C=O) groups is 2. The van der Waals surface area contributed by atoms with E-state index in [1.807, 2.05) is 11.4 Å². The van der Waals surface area contributed by atoms with Gasteiger partial charge in [0.2, 0.25) is 11.9 Å². The Balaban J connectivity index is 1.77. The van der Waals surface area contributed by atoms with Gasteiger partial charge in [0.05, 0.1) is 16.1 Å². The van der Waals surface area contributed by atoms with E-state index >= 15 is 0 Å². The number of nitrogens with one attached hydrogen (secondary N) is 2. The number of imidazole rings is 1. The molecule has 2 aliphatic rings. The highest BCUT2D eigenvalue weighted by Gasteiger charge is 2.67. The summed E-state index contributed by atoms with van der Waals surface area (Å²) in [5.41, 5.74) is -3.70. The van der Waals surface area contributed by atoms with E-state index < -0.39 is 29.6 Å². The molecule has 30 heavy (non-hydrogen) atoms. The lowest BCUT2D eigenvalue weighted by molar-refractivity contribution is -0.217. The zero-order valence-electron chi connectivity index (χ0n) is 15.6. The largest absolute Gasteiger partial charge is 0.440 e. The molecule has 0 bridgehead atoms. The van der Waals surface area contributed by atoms with Gasteiger partial charge < -0.3 is 5.32 Å². The Morgan fingerprint density at radius 3 is 2.73 bits per heavy atom. The molecule has 1 saturated carbocycles. The SMILES string of the molecule is N#Cc1c(Cl)ccc2c1nc1n2C(NC(=O)CCC2CCCC2)(C(F)(F)F)C(=O)N1. The fourth-order valence-corrected chi connectivity index (χ4v) is 4.47. The number of nitrogens with zero attached hydrogens (tertiary/aromatic N) is 3. The second kappa shape index (κ2) is 7.16. The van der Waals surface area contributed by atoms with Crippen LogP contribution in [0.25, 0.3) is 11.0 Å². The van der Waals surface area contributed by atoms with Crippen molar-refractivity contribution in [3.63, 3.8) is 0 Å². The van der Waals surface area contributed by atoms with E-state index in [0.717, 1.165) is 25.7 Å². The van der Waals surface area contributed by atoms with Gasteiger partial charge in [-0.1, -0.05) is 37.3 Å². The van der Waals surface area contributed by atoms with Crippen LogP contribution in [0.4, 0.5) is 19.1 Å². The minimum atomic E-state index is -5.16. The lowest BCUT2D eigenvalue weighted by Crippen LogP contribution is -2.63. The Morgan fingerprint density at radius 2 is 2.10 bits per heavy atom. The summed E-state index contributed by atoms with van der Waals surface area (Å²) in [6.45, 7) is 0. The fourth-order valence-electron chi connectivity index (χ4n) is 4.28. The topological polar surface area (TPSA) is 99.8 Å². The van der Waals surface area contributed by atoms with E-state index in [2.05, 4.69) is 10.3 Å². The summed E-state index contributed by atoms with van der Waals surface area (Å²) in [5, 5.41) is 13.3. The Hall–Kier alpha value is -2.80. The highest BCUT2D eigenvalue weighted by atomic mass is 35.5. The minimum absolute atomic E-state index is 0.0197. The molecule has 1 atom stereocenters.